The standard InChI is InChI=1S/C27H35N5O5/c28-24-23-25(31-27(30-24)29-11-9-18-10-13-36-16-18)37-14-12-32(26(23)35)21-7-5-20(6-8-21)19-3-1-17(2-4-19)15-22(33)34/h5-8,17-19H,1-4,9-16H2,(H,33,34)(H3,28,29,30,31)/t17-,18?,19-. The highest BCUT2D eigenvalue weighted by molar-refractivity contribution is 6.10. The summed E-state index contributed by atoms with van der Waals surface area (Å²) in [6.07, 6.45) is 6.11. The number of nitrogens with zero attached hydrogens (tertiary/aromatic N) is 3. The van der Waals surface area contributed by atoms with E-state index in [9.17, 15) is 9.59 Å². The first-order chi connectivity index (χ1) is 18.0. The maximum atomic E-state index is 13.5. The number of carboxylic acid groups (broad SMARTS) is 1. The number of carbonyl (C=O) groups excluding carboxylic acids is 1. The molecule has 1 saturated carbocycles. The number of carboxylic acids is 1. The molecule has 1 saturated heterocycles. The molecule has 2 fully saturated rings. The van der Waals surface area contributed by atoms with Crippen molar-refractivity contribution in [2.75, 3.05) is 48.9 Å². The van der Waals surface area contributed by atoms with E-state index in [1.165, 1.54) is 5.56 Å². The largest absolute Gasteiger partial charge is 0.481 e. The Hall–Kier alpha value is -3.40. The number of anilines is 3. The minimum Gasteiger partial charge on any atom is -0.481 e. The lowest BCUT2D eigenvalue weighted by Crippen LogP contribution is -2.32. The van der Waals surface area contributed by atoms with Gasteiger partial charge in [-0.15, -0.1) is 0 Å². The van der Waals surface area contributed by atoms with E-state index in [4.69, 9.17) is 20.3 Å². The second-order valence-electron chi connectivity index (χ2n) is 10.3. The number of nitrogen functional groups attached to an aromatic ring is 1. The summed E-state index contributed by atoms with van der Waals surface area (Å²) in [5, 5.41) is 12.2. The molecule has 3 aliphatic rings. The lowest BCUT2D eigenvalue weighted by Gasteiger charge is -2.28. The summed E-state index contributed by atoms with van der Waals surface area (Å²) in [5.41, 5.74) is 8.40. The number of nitrogens with two attached hydrogens (primary N) is 1. The molecule has 2 aromatic rings. The minimum absolute atomic E-state index is 0.100. The number of fused-ring (bicyclic) bond motifs is 1. The molecule has 0 radical (unpaired) electrons. The lowest BCUT2D eigenvalue weighted by atomic mass is 9.77. The van der Waals surface area contributed by atoms with Crippen molar-refractivity contribution in [3.8, 4) is 5.88 Å². The summed E-state index contributed by atoms with van der Waals surface area (Å²) in [6, 6.07) is 8.06. The Balaban J connectivity index is 1.24. The van der Waals surface area contributed by atoms with Crippen LogP contribution in [0.4, 0.5) is 17.5 Å². The summed E-state index contributed by atoms with van der Waals surface area (Å²) in [7, 11) is 0. The number of nitrogens with one attached hydrogen (secondary N) is 1. The highest BCUT2D eigenvalue weighted by atomic mass is 16.5. The Kier molecular flexibility index (Phi) is 7.73. The molecule has 2 aliphatic heterocycles. The molecule has 37 heavy (non-hydrogen) atoms. The van der Waals surface area contributed by atoms with Crippen molar-refractivity contribution in [3.63, 3.8) is 0 Å². The number of hydrogen-bond acceptors (Lipinski definition) is 8. The summed E-state index contributed by atoms with van der Waals surface area (Å²) in [6.45, 7) is 2.97. The van der Waals surface area contributed by atoms with E-state index < -0.39 is 5.97 Å². The van der Waals surface area contributed by atoms with Gasteiger partial charge in [0.1, 0.15) is 18.0 Å². The molecule has 4 N–H and O–H groups in total. The fourth-order valence-corrected chi connectivity index (χ4v) is 5.63. The summed E-state index contributed by atoms with van der Waals surface area (Å²) in [5.74, 6) is 0.904. The average Bonchev–Trinajstić information content (AvgIpc) is 3.34. The van der Waals surface area contributed by atoms with Crippen LogP contribution in [0.2, 0.25) is 0 Å². The van der Waals surface area contributed by atoms with Crippen molar-refractivity contribution in [3.05, 3.63) is 35.4 Å². The molecule has 198 valence electrons. The number of benzene rings is 1. The van der Waals surface area contributed by atoms with Crippen molar-refractivity contribution in [1.82, 2.24) is 9.97 Å². The number of ether oxygens (including phenoxy) is 2. The zero-order chi connectivity index (χ0) is 25.8. The maximum absolute atomic E-state index is 13.5. The number of aliphatic carboxylic acids is 1. The van der Waals surface area contributed by atoms with Gasteiger partial charge >= 0.3 is 5.97 Å². The Morgan fingerprint density at radius 1 is 1.08 bits per heavy atom. The van der Waals surface area contributed by atoms with Gasteiger partial charge in [-0.25, -0.2) is 0 Å². The van der Waals surface area contributed by atoms with Gasteiger partial charge in [0.15, 0.2) is 0 Å². The van der Waals surface area contributed by atoms with Gasteiger partial charge in [0.05, 0.1) is 6.54 Å². The van der Waals surface area contributed by atoms with Crippen LogP contribution < -0.4 is 20.7 Å². The third-order valence-corrected chi connectivity index (χ3v) is 7.76. The first-order valence-electron chi connectivity index (χ1n) is 13.2. The van der Waals surface area contributed by atoms with Crippen molar-refractivity contribution < 1.29 is 24.2 Å². The summed E-state index contributed by atoms with van der Waals surface area (Å²) < 4.78 is 11.3. The molecule has 1 atom stereocenters. The Labute approximate surface area is 216 Å². The van der Waals surface area contributed by atoms with Gasteiger partial charge < -0.3 is 30.5 Å². The molecular formula is C27H35N5O5. The van der Waals surface area contributed by atoms with Crippen molar-refractivity contribution in [1.29, 1.82) is 0 Å². The molecule has 10 nitrogen and oxygen atoms in total. The number of rotatable bonds is 8. The van der Waals surface area contributed by atoms with E-state index in [-0.39, 0.29) is 35.5 Å². The summed E-state index contributed by atoms with van der Waals surface area (Å²) >= 11 is 0. The van der Waals surface area contributed by atoms with Crippen LogP contribution >= 0.6 is 0 Å². The highest BCUT2D eigenvalue weighted by Crippen LogP contribution is 2.38. The smallest absolute Gasteiger partial charge is 0.303 e. The van der Waals surface area contributed by atoms with E-state index >= 15 is 0 Å². The zero-order valence-corrected chi connectivity index (χ0v) is 21.0. The van der Waals surface area contributed by atoms with E-state index in [0.717, 1.165) is 57.4 Å². The number of hydrogen-bond donors (Lipinski definition) is 3. The lowest BCUT2D eigenvalue weighted by molar-refractivity contribution is -0.138. The van der Waals surface area contributed by atoms with Crippen LogP contribution in [0.1, 0.15) is 66.8 Å². The highest BCUT2D eigenvalue weighted by Gasteiger charge is 2.30. The SMILES string of the molecule is Nc1nc(NCCC2CCOC2)nc2c1C(=O)N(c1ccc([C@H]3CC[C@H](CC(=O)O)CC3)cc1)CCO2. The van der Waals surface area contributed by atoms with Gasteiger partial charge in [-0.1, -0.05) is 12.1 Å². The predicted octanol–water partition coefficient (Wildman–Crippen LogP) is 3.69. The van der Waals surface area contributed by atoms with Gasteiger partial charge in [-0.3, -0.25) is 9.59 Å². The van der Waals surface area contributed by atoms with Crippen molar-refractivity contribution >= 4 is 29.3 Å². The predicted molar refractivity (Wildman–Crippen MR) is 139 cm³/mol. The molecule has 5 rings (SSSR count). The minimum atomic E-state index is -0.714. The first-order valence-corrected chi connectivity index (χ1v) is 13.2. The van der Waals surface area contributed by atoms with Gasteiger partial charge in [0.25, 0.3) is 5.91 Å². The number of carbonyl (C=O) groups is 2. The molecule has 1 aromatic heterocycles. The third-order valence-electron chi connectivity index (χ3n) is 7.76. The van der Waals surface area contributed by atoms with Gasteiger partial charge in [-0.05, 0) is 74.0 Å². The molecule has 1 aliphatic carbocycles. The maximum Gasteiger partial charge on any atom is 0.303 e. The monoisotopic (exact) mass is 509 g/mol. The Morgan fingerprint density at radius 3 is 2.57 bits per heavy atom. The summed E-state index contributed by atoms with van der Waals surface area (Å²) in [4.78, 5) is 34.9. The molecule has 1 aromatic carbocycles. The zero-order valence-electron chi connectivity index (χ0n) is 21.0. The molecular weight excluding hydrogens is 474 g/mol. The van der Waals surface area contributed by atoms with Gasteiger partial charge in [0, 0.05) is 31.9 Å². The van der Waals surface area contributed by atoms with Crippen LogP contribution in [0.25, 0.3) is 0 Å². The molecule has 1 amide bonds. The van der Waals surface area contributed by atoms with Gasteiger partial charge in [0.2, 0.25) is 11.8 Å². The second kappa shape index (κ2) is 11.3. The van der Waals surface area contributed by atoms with Crippen LogP contribution in [0.5, 0.6) is 5.88 Å². The molecule has 0 spiro atoms. The second-order valence-corrected chi connectivity index (χ2v) is 10.3. The average molecular weight is 510 g/mol. The quantitative estimate of drug-likeness (QED) is 0.486. The Bertz CT molecular complexity index is 1110. The Morgan fingerprint density at radius 2 is 1.86 bits per heavy atom. The number of amides is 1. The van der Waals surface area contributed by atoms with E-state index in [1.54, 1.807) is 4.90 Å². The fraction of sp³-hybridized carbons (Fsp3) is 0.556. The molecule has 0 bridgehead atoms. The van der Waals surface area contributed by atoms with Crippen LogP contribution in [0.15, 0.2) is 24.3 Å². The molecule has 1 unspecified atom stereocenters. The molecule has 10 heteroatoms. The van der Waals surface area contributed by atoms with Crippen LogP contribution in [-0.2, 0) is 9.53 Å². The first kappa shape index (κ1) is 25.3. The fourth-order valence-electron chi connectivity index (χ4n) is 5.63. The third kappa shape index (κ3) is 5.95. The van der Waals surface area contributed by atoms with Crippen LogP contribution in [0, 0.1) is 11.8 Å². The van der Waals surface area contributed by atoms with Crippen molar-refractivity contribution in [2.24, 2.45) is 11.8 Å². The van der Waals surface area contributed by atoms with Crippen LogP contribution in [-0.4, -0.2) is 59.9 Å². The van der Waals surface area contributed by atoms with Crippen molar-refractivity contribution in [2.45, 2.75) is 50.9 Å². The normalized spacial score (nSPS) is 23.7. The number of aromatic nitrogens is 2. The van der Waals surface area contributed by atoms with Crippen LogP contribution in [0.3, 0.4) is 0 Å². The van der Waals surface area contributed by atoms with E-state index in [0.29, 0.717) is 37.5 Å². The van der Waals surface area contributed by atoms with Gasteiger partial charge in [-0.2, -0.15) is 9.97 Å². The van der Waals surface area contributed by atoms with E-state index in [1.807, 2.05) is 12.1 Å². The topological polar surface area (TPSA) is 140 Å². The van der Waals surface area contributed by atoms with E-state index in [2.05, 4.69) is 27.4 Å². The molecule has 3 heterocycles.